The minimum Gasteiger partial charge on any atom is -0.326 e. The van der Waals surface area contributed by atoms with Crippen LogP contribution >= 0.6 is 11.3 Å². The van der Waals surface area contributed by atoms with Crippen molar-refractivity contribution in [3.8, 4) is 55.8 Å². The summed E-state index contributed by atoms with van der Waals surface area (Å²) in [4.78, 5) is 7.58. The molecule has 53 heavy (non-hydrogen) atoms. The lowest BCUT2D eigenvalue weighted by atomic mass is 9.81. The van der Waals surface area contributed by atoms with Gasteiger partial charge in [0.05, 0.1) is 5.69 Å². The summed E-state index contributed by atoms with van der Waals surface area (Å²) in [5.41, 5.74) is 16.3. The van der Waals surface area contributed by atoms with Crippen molar-refractivity contribution in [2.24, 2.45) is 0 Å². The summed E-state index contributed by atoms with van der Waals surface area (Å²) in [6.07, 6.45) is 4.24. The van der Waals surface area contributed by atoms with E-state index in [4.69, 9.17) is 4.98 Å². The first-order chi connectivity index (χ1) is 26.3. The molecule has 3 nitrogen and oxygen atoms in total. The summed E-state index contributed by atoms with van der Waals surface area (Å²) < 4.78 is 5.00. The fourth-order valence-corrected chi connectivity index (χ4v) is 9.62. The number of thiophene rings is 1. The molecule has 3 heterocycles. The molecule has 0 saturated carbocycles. The smallest absolute Gasteiger partial charge is 0.235 e. The molecule has 0 amide bonds. The number of para-hydroxylation sites is 2. The van der Waals surface area contributed by atoms with Crippen LogP contribution in [0.3, 0.4) is 0 Å². The fourth-order valence-electron chi connectivity index (χ4n) is 8.38. The van der Waals surface area contributed by atoms with Gasteiger partial charge in [-0.3, -0.25) is 4.98 Å². The highest BCUT2D eigenvalue weighted by Gasteiger charge is 2.32. The van der Waals surface area contributed by atoms with Crippen LogP contribution in [-0.4, -0.2) is 17.7 Å². The molecule has 4 heteroatoms. The second kappa shape index (κ2) is 12.0. The molecule has 0 radical (unpaired) electrons. The van der Waals surface area contributed by atoms with Crippen molar-refractivity contribution in [3.05, 3.63) is 176 Å². The molecule has 0 bridgehead atoms. The fraction of sp³-hybridized carbons (Fsp3) is 0.0204. The molecule has 0 spiro atoms. The highest BCUT2D eigenvalue weighted by Crippen LogP contribution is 2.52. The van der Waals surface area contributed by atoms with Crippen LogP contribution in [0, 0.1) is 0 Å². The molecule has 9 aromatic rings. The lowest BCUT2D eigenvalue weighted by Crippen LogP contribution is -2.29. The van der Waals surface area contributed by atoms with E-state index >= 15 is 0 Å². The van der Waals surface area contributed by atoms with Gasteiger partial charge in [-0.2, -0.15) is 4.58 Å². The average Bonchev–Trinajstić information content (AvgIpc) is 3.62. The summed E-state index contributed by atoms with van der Waals surface area (Å²) in [5.74, 6) is 0. The second-order valence-electron chi connectivity index (χ2n) is 13.7. The van der Waals surface area contributed by atoms with Crippen LogP contribution < -0.4 is 9.48 Å². The number of pyridine rings is 1. The van der Waals surface area contributed by atoms with E-state index in [2.05, 4.69) is 186 Å². The largest absolute Gasteiger partial charge is 0.326 e. The van der Waals surface area contributed by atoms with Crippen LogP contribution in [0.4, 0.5) is 22.7 Å². The molecule has 1 aliphatic carbocycles. The molecule has 0 saturated heterocycles. The van der Waals surface area contributed by atoms with Gasteiger partial charge in [0.1, 0.15) is 12.2 Å². The first-order valence-electron chi connectivity index (χ1n) is 18.1. The Morgan fingerprint density at radius 2 is 1.19 bits per heavy atom. The molecule has 11 rings (SSSR count). The number of rotatable bonds is 3. The summed E-state index contributed by atoms with van der Waals surface area (Å²) >= 11 is 1.88. The quantitative estimate of drug-likeness (QED) is 0.172. The zero-order valence-corrected chi connectivity index (χ0v) is 29.6. The Labute approximate surface area is 312 Å². The Kier molecular flexibility index (Phi) is 6.79. The monoisotopic (exact) mass is 694 g/mol. The van der Waals surface area contributed by atoms with E-state index in [0.29, 0.717) is 0 Å². The Hall–Kier alpha value is -6.62. The number of hydrogen-bond donors (Lipinski definition) is 0. The molecule has 2 aliphatic rings. The third kappa shape index (κ3) is 4.73. The number of benzene rings is 7. The van der Waals surface area contributed by atoms with Crippen molar-refractivity contribution in [2.45, 2.75) is 0 Å². The topological polar surface area (TPSA) is 19.1 Å². The van der Waals surface area contributed by atoms with E-state index in [1.807, 2.05) is 17.5 Å². The minimum atomic E-state index is 0.745. The number of aromatic nitrogens is 1. The number of nitrogens with zero attached hydrogens (tertiary/aromatic N) is 3. The summed E-state index contributed by atoms with van der Waals surface area (Å²) in [6, 6.07) is 61.9. The number of fused-ring (bicyclic) bond motifs is 12. The van der Waals surface area contributed by atoms with Crippen LogP contribution in [0.5, 0.6) is 0 Å². The predicted molar refractivity (Wildman–Crippen MR) is 225 cm³/mol. The van der Waals surface area contributed by atoms with Crippen molar-refractivity contribution in [1.29, 1.82) is 0 Å². The van der Waals surface area contributed by atoms with E-state index in [1.54, 1.807) is 0 Å². The first kappa shape index (κ1) is 30.0. The highest BCUT2D eigenvalue weighted by molar-refractivity contribution is 7.26. The Morgan fingerprint density at radius 3 is 2.04 bits per heavy atom. The number of anilines is 2. The van der Waals surface area contributed by atoms with Crippen molar-refractivity contribution in [1.82, 2.24) is 9.56 Å². The molecular weight excluding hydrogens is 663 g/mol. The third-order valence-corrected chi connectivity index (χ3v) is 12.0. The van der Waals surface area contributed by atoms with E-state index in [-0.39, 0.29) is 0 Å². The Bertz CT molecular complexity index is 2920. The van der Waals surface area contributed by atoms with Gasteiger partial charge in [0.25, 0.3) is 0 Å². The van der Waals surface area contributed by atoms with Crippen LogP contribution in [0.15, 0.2) is 176 Å². The standard InChI is InChI=1S/C49H32N3S/c1-3-13-33(14-4-1)51-27-28-52(34-15-5-2-6-16-34)46-31-44-43(30-45(46)51)37-18-8-7-17-36(37)42-29-32(24-25-38(42)40-22-12-26-50-48(40)44)35-20-11-21-41-39-19-9-10-23-47(39)53-49(35)41/h1-27,29-31H,28H2/q+1. The van der Waals surface area contributed by atoms with Gasteiger partial charge in [0.2, 0.25) is 11.4 Å². The SMILES string of the molecule is C1=[N+](c2ccccc2)c2cc3c(cc2N(c2ccccc2)C1)-c1ncccc1-c1ccc(-c2cccc4c2sc2ccccc24)cc1-c1ccccc1-3. The second-order valence-corrected chi connectivity index (χ2v) is 14.8. The highest BCUT2D eigenvalue weighted by atomic mass is 32.1. The van der Waals surface area contributed by atoms with Gasteiger partial charge in [0.15, 0.2) is 6.21 Å². The molecule has 0 unspecified atom stereocenters. The van der Waals surface area contributed by atoms with Gasteiger partial charge in [-0.25, -0.2) is 0 Å². The van der Waals surface area contributed by atoms with Gasteiger partial charge in [-0.05, 0) is 75.3 Å². The molecule has 0 atom stereocenters. The van der Waals surface area contributed by atoms with Gasteiger partial charge in [-0.15, -0.1) is 11.3 Å². The summed E-state index contributed by atoms with van der Waals surface area (Å²) in [6.45, 7) is 0.745. The molecular formula is C49H32N3S+. The van der Waals surface area contributed by atoms with Gasteiger partial charge >= 0.3 is 0 Å². The van der Waals surface area contributed by atoms with Crippen molar-refractivity contribution >= 4 is 60.5 Å². The van der Waals surface area contributed by atoms with E-state index in [1.165, 1.54) is 59.1 Å². The molecule has 248 valence electrons. The minimum absolute atomic E-state index is 0.745. The zero-order chi connectivity index (χ0) is 34.9. The average molecular weight is 695 g/mol. The van der Waals surface area contributed by atoms with Gasteiger partial charge in [-0.1, -0.05) is 115 Å². The Morgan fingerprint density at radius 1 is 0.509 bits per heavy atom. The predicted octanol–water partition coefficient (Wildman–Crippen LogP) is 13.2. The maximum Gasteiger partial charge on any atom is 0.235 e. The maximum absolute atomic E-state index is 5.17. The van der Waals surface area contributed by atoms with Gasteiger partial charge < -0.3 is 4.90 Å². The van der Waals surface area contributed by atoms with Crippen LogP contribution in [0.1, 0.15) is 0 Å². The lowest BCUT2D eigenvalue weighted by Gasteiger charge is -2.29. The molecule has 0 fully saturated rings. The first-order valence-corrected chi connectivity index (χ1v) is 18.9. The van der Waals surface area contributed by atoms with Crippen molar-refractivity contribution in [2.75, 3.05) is 11.4 Å². The molecule has 7 aromatic carbocycles. The van der Waals surface area contributed by atoms with Crippen LogP contribution in [0.2, 0.25) is 0 Å². The molecule has 1 aliphatic heterocycles. The maximum atomic E-state index is 5.17. The molecule has 2 aromatic heterocycles. The van der Waals surface area contributed by atoms with Crippen LogP contribution in [0.25, 0.3) is 75.9 Å². The zero-order valence-electron chi connectivity index (χ0n) is 28.8. The van der Waals surface area contributed by atoms with Crippen molar-refractivity contribution < 1.29 is 0 Å². The normalized spacial score (nSPS) is 12.9. The number of hydrogen-bond acceptors (Lipinski definition) is 3. The van der Waals surface area contributed by atoms with Crippen LogP contribution in [-0.2, 0) is 0 Å². The Balaban J connectivity index is 1.18. The molecule has 0 N–H and O–H groups in total. The van der Waals surface area contributed by atoms with Crippen molar-refractivity contribution in [3.63, 3.8) is 0 Å². The summed E-state index contributed by atoms with van der Waals surface area (Å²) in [7, 11) is 0. The summed E-state index contributed by atoms with van der Waals surface area (Å²) in [5, 5.41) is 2.63. The lowest BCUT2D eigenvalue weighted by molar-refractivity contribution is 1.000. The van der Waals surface area contributed by atoms with E-state index in [0.717, 1.165) is 46.1 Å². The third-order valence-electron chi connectivity index (χ3n) is 10.8. The van der Waals surface area contributed by atoms with E-state index < -0.39 is 0 Å². The van der Waals surface area contributed by atoms with Gasteiger partial charge in [0, 0.05) is 61.4 Å². The van der Waals surface area contributed by atoms with E-state index in [9.17, 15) is 0 Å².